The molecule has 0 unspecified atom stereocenters. The number of rotatable bonds is 8. The normalized spacial score (nSPS) is 13.5. The second kappa shape index (κ2) is 8.60. The van der Waals surface area contributed by atoms with Crippen LogP contribution in [0.1, 0.15) is 42.5 Å². The van der Waals surface area contributed by atoms with Crippen molar-refractivity contribution < 1.29 is 9.90 Å². The van der Waals surface area contributed by atoms with Crippen LogP contribution in [0.4, 0.5) is 0 Å². The van der Waals surface area contributed by atoms with E-state index in [1.165, 1.54) is 0 Å². The van der Waals surface area contributed by atoms with Crippen LogP contribution in [0.3, 0.4) is 0 Å². The average molecular weight is 367 g/mol. The van der Waals surface area contributed by atoms with Crippen LogP contribution in [0.2, 0.25) is 5.02 Å². The van der Waals surface area contributed by atoms with Crippen LogP contribution < -0.4 is 5.32 Å². The van der Waals surface area contributed by atoms with Crippen molar-refractivity contribution in [2.45, 2.75) is 45.1 Å². The summed E-state index contributed by atoms with van der Waals surface area (Å²) in [5.74, 6) is -0.377. The van der Waals surface area contributed by atoms with Gasteiger partial charge in [0.05, 0.1) is 5.01 Å². The minimum absolute atomic E-state index is 0.289. The van der Waals surface area contributed by atoms with Crippen LogP contribution >= 0.6 is 22.9 Å². The van der Waals surface area contributed by atoms with Crippen LogP contribution in [0.15, 0.2) is 29.6 Å². The Labute approximate surface area is 151 Å². The van der Waals surface area contributed by atoms with Crippen LogP contribution in [-0.2, 0) is 16.8 Å². The van der Waals surface area contributed by atoms with Crippen molar-refractivity contribution in [1.82, 2.24) is 10.3 Å². The van der Waals surface area contributed by atoms with Gasteiger partial charge < -0.3 is 10.4 Å². The lowest BCUT2D eigenvalue weighted by Crippen LogP contribution is -2.44. The Morgan fingerprint density at radius 3 is 2.83 bits per heavy atom. The zero-order chi connectivity index (χ0) is 17.6. The van der Waals surface area contributed by atoms with Crippen molar-refractivity contribution in [3.05, 3.63) is 50.9 Å². The van der Waals surface area contributed by atoms with Crippen molar-refractivity contribution in [2.75, 3.05) is 6.54 Å². The quantitative estimate of drug-likeness (QED) is 0.698. The van der Waals surface area contributed by atoms with Gasteiger partial charge >= 0.3 is 0 Å². The topological polar surface area (TPSA) is 62.2 Å². The lowest BCUT2D eigenvalue weighted by atomic mass is 9.90. The van der Waals surface area contributed by atoms with E-state index in [2.05, 4.69) is 10.3 Å². The molecule has 6 heteroatoms. The molecular formula is C18H23ClN2O2S. The standard InChI is InChI=1S/C18H23ClN2O2S/c1-3-18(23,14-7-6-8-15(19)11-14)17(22)20-10-5-4-9-16-21-13(2)12-24-16/h6-8,11-12,23H,3-5,9-10H2,1-2H3,(H,20,22)/t18-/m0/s1. The molecule has 1 atom stereocenters. The Morgan fingerprint density at radius 2 is 2.21 bits per heavy atom. The monoisotopic (exact) mass is 366 g/mol. The molecule has 0 aliphatic carbocycles. The highest BCUT2D eigenvalue weighted by molar-refractivity contribution is 7.09. The highest BCUT2D eigenvalue weighted by atomic mass is 35.5. The maximum absolute atomic E-state index is 12.4. The molecular weight excluding hydrogens is 344 g/mol. The highest BCUT2D eigenvalue weighted by Gasteiger charge is 2.35. The van der Waals surface area contributed by atoms with Gasteiger partial charge in [0.1, 0.15) is 0 Å². The number of aliphatic hydroxyl groups is 1. The van der Waals surface area contributed by atoms with E-state index in [0.29, 0.717) is 17.1 Å². The highest BCUT2D eigenvalue weighted by Crippen LogP contribution is 2.27. The van der Waals surface area contributed by atoms with Crippen LogP contribution in [0, 0.1) is 6.92 Å². The van der Waals surface area contributed by atoms with Crippen LogP contribution in [-0.4, -0.2) is 22.5 Å². The molecule has 2 N–H and O–H groups in total. The molecule has 0 saturated carbocycles. The zero-order valence-corrected chi connectivity index (χ0v) is 15.6. The van der Waals surface area contributed by atoms with E-state index >= 15 is 0 Å². The summed E-state index contributed by atoms with van der Waals surface area (Å²) < 4.78 is 0. The number of benzene rings is 1. The van der Waals surface area contributed by atoms with Gasteiger partial charge in [-0.2, -0.15) is 0 Å². The lowest BCUT2D eigenvalue weighted by Gasteiger charge is -2.26. The van der Waals surface area contributed by atoms with Crippen molar-refractivity contribution in [3.63, 3.8) is 0 Å². The third-order valence-electron chi connectivity index (χ3n) is 3.96. The maximum Gasteiger partial charge on any atom is 0.256 e. The number of carbonyl (C=O) groups excluding carboxylic acids is 1. The van der Waals surface area contributed by atoms with Gasteiger partial charge in [-0.05, 0) is 50.3 Å². The largest absolute Gasteiger partial charge is 0.375 e. The fourth-order valence-corrected chi connectivity index (χ4v) is 3.52. The molecule has 2 aromatic rings. The fraction of sp³-hybridized carbons (Fsp3) is 0.444. The van der Waals surface area contributed by atoms with Gasteiger partial charge in [-0.1, -0.05) is 30.7 Å². The molecule has 1 aromatic heterocycles. The molecule has 0 bridgehead atoms. The first-order valence-electron chi connectivity index (χ1n) is 8.13. The summed E-state index contributed by atoms with van der Waals surface area (Å²) in [6, 6.07) is 6.82. The Kier molecular flexibility index (Phi) is 6.78. The van der Waals surface area contributed by atoms with E-state index in [9.17, 15) is 9.90 Å². The number of carbonyl (C=O) groups is 1. The number of thiazole rings is 1. The second-order valence-electron chi connectivity index (χ2n) is 5.82. The van der Waals surface area contributed by atoms with E-state index in [1.54, 1.807) is 42.5 Å². The number of aromatic nitrogens is 1. The summed E-state index contributed by atoms with van der Waals surface area (Å²) in [5.41, 5.74) is 0.0308. The Balaban J connectivity index is 1.83. The third-order valence-corrected chi connectivity index (χ3v) is 5.22. The van der Waals surface area contributed by atoms with E-state index in [0.717, 1.165) is 30.0 Å². The number of hydrogen-bond acceptors (Lipinski definition) is 4. The van der Waals surface area contributed by atoms with E-state index in [1.807, 2.05) is 12.3 Å². The lowest BCUT2D eigenvalue weighted by molar-refractivity contribution is -0.141. The summed E-state index contributed by atoms with van der Waals surface area (Å²) in [5, 5.41) is 17.3. The smallest absolute Gasteiger partial charge is 0.256 e. The molecule has 0 aliphatic rings. The number of aryl methyl sites for hydroxylation is 2. The molecule has 0 aliphatic heterocycles. The molecule has 1 heterocycles. The summed E-state index contributed by atoms with van der Waals surface area (Å²) in [7, 11) is 0. The van der Waals surface area contributed by atoms with Gasteiger partial charge in [-0.25, -0.2) is 4.98 Å². The number of amides is 1. The minimum atomic E-state index is -1.54. The number of hydrogen-bond donors (Lipinski definition) is 2. The molecule has 0 spiro atoms. The molecule has 0 saturated heterocycles. The Morgan fingerprint density at radius 1 is 1.42 bits per heavy atom. The van der Waals surface area contributed by atoms with E-state index in [4.69, 9.17) is 11.6 Å². The van der Waals surface area contributed by atoms with Crippen LogP contribution in [0.25, 0.3) is 0 Å². The molecule has 24 heavy (non-hydrogen) atoms. The summed E-state index contributed by atoms with van der Waals surface area (Å²) in [6.07, 6.45) is 3.01. The SMILES string of the molecule is CC[C@@](O)(C(=O)NCCCCc1nc(C)cs1)c1cccc(Cl)c1. The Hall–Kier alpha value is -1.43. The number of nitrogens with zero attached hydrogens (tertiary/aromatic N) is 1. The third kappa shape index (κ3) is 4.79. The Bertz CT molecular complexity index is 689. The predicted octanol–water partition coefficient (Wildman–Crippen LogP) is 3.84. The predicted molar refractivity (Wildman–Crippen MR) is 98.4 cm³/mol. The van der Waals surface area contributed by atoms with Crippen molar-refractivity contribution >= 4 is 28.8 Å². The van der Waals surface area contributed by atoms with E-state index in [-0.39, 0.29) is 12.3 Å². The number of halogens is 1. The summed E-state index contributed by atoms with van der Waals surface area (Å²) in [4.78, 5) is 16.9. The molecule has 2 rings (SSSR count). The van der Waals surface area contributed by atoms with Crippen molar-refractivity contribution in [2.24, 2.45) is 0 Å². The van der Waals surface area contributed by atoms with Gasteiger partial charge in [0.25, 0.3) is 5.91 Å². The molecule has 4 nitrogen and oxygen atoms in total. The zero-order valence-electron chi connectivity index (χ0n) is 14.0. The first-order chi connectivity index (χ1) is 11.5. The van der Waals surface area contributed by atoms with Gasteiger partial charge in [-0.3, -0.25) is 4.79 Å². The minimum Gasteiger partial charge on any atom is -0.375 e. The number of unbranched alkanes of at least 4 members (excludes halogenated alkanes) is 1. The average Bonchev–Trinajstić information content (AvgIpc) is 2.99. The first-order valence-corrected chi connectivity index (χ1v) is 9.39. The van der Waals surface area contributed by atoms with Crippen molar-refractivity contribution in [3.8, 4) is 0 Å². The summed E-state index contributed by atoms with van der Waals surface area (Å²) in [6.45, 7) is 4.30. The molecule has 1 aromatic carbocycles. The fourth-order valence-electron chi connectivity index (χ4n) is 2.51. The second-order valence-corrected chi connectivity index (χ2v) is 7.20. The maximum atomic E-state index is 12.4. The van der Waals surface area contributed by atoms with E-state index < -0.39 is 5.60 Å². The van der Waals surface area contributed by atoms with Gasteiger partial charge in [-0.15, -0.1) is 11.3 Å². The number of nitrogens with one attached hydrogen (secondary N) is 1. The molecule has 0 radical (unpaired) electrons. The first kappa shape index (κ1) is 18.9. The van der Waals surface area contributed by atoms with Gasteiger partial charge in [0.2, 0.25) is 0 Å². The van der Waals surface area contributed by atoms with Gasteiger partial charge in [0.15, 0.2) is 5.60 Å². The van der Waals surface area contributed by atoms with Gasteiger partial charge in [0, 0.05) is 22.6 Å². The molecule has 1 amide bonds. The molecule has 130 valence electrons. The summed E-state index contributed by atoms with van der Waals surface area (Å²) >= 11 is 7.64. The molecule has 0 fully saturated rings. The van der Waals surface area contributed by atoms with Crippen LogP contribution in [0.5, 0.6) is 0 Å². The van der Waals surface area contributed by atoms with Crippen molar-refractivity contribution in [1.29, 1.82) is 0 Å².